The van der Waals surface area contributed by atoms with Gasteiger partial charge in [-0.25, -0.2) is 0 Å². The van der Waals surface area contributed by atoms with Crippen LogP contribution in [0.1, 0.15) is 96.3 Å². The van der Waals surface area contributed by atoms with E-state index in [9.17, 15) is 0 Å². The van der Waals surface area contributed by atoms with Crippen molar-refractivity contribution in [1.29, 1.82) is 0 Å². The third kappa shape index (κ3) is 5.71. The second kappa shape index (κ2) is 13.5. The Labute approximate surface area is 305 Å². The molecule has 17 unspecified atom stereocenters. The number of rotatable bonds is 2. The fourth-order valence-electron chi connectivity index (χ4n) is 13.8. The molecule has 51 heavy (non-hydrogen) atoms. The van der Waals surface area contributed by atoms with E-state index in [2.05, 4.69) is 90.3 Å². The molecule has 0 spiro atoms. The summed E-state index contributed by atoms with van der Waals surface area (Å²) in [6.07, 6.45) is 22.8. The lowest BCUT2D eigenvalue weighted by molar-refractivity contribution is 0.162. The fourth-order valence-corrected chi connectivity index (χ4v) is 13.8. The molecule has 4 saturated carbocycles. The molecule has 8 bridgehead atoms. The molecule has 0 radical (unpaired) electrons. The van der Waals surface area contributed by atoms with E-state index in [1.807, 2.05) is 0 Å². The van der Waals surface area contributed by atoms with Crippen LogP contribution in [0, 0.1) is 47.3 Å². The first-order valence-electron chi connectivity index (χ1n) is 21.6. The molecule has 4 aliphatic carbocycles. The van der Waals surface area contributed by atoms with E-state index in [1.54, 1.807) is 0 Å². The highest BCUT2D eigenvalue weighted by molar-refractivity contribution is 5.93. The second-order valence-corrected chi connectivity index (χ2v) is 18.4. The number of anilines is 1. The van der Waals surface area contributed by atoms with E-state index in [1.165, 1.54) is 113 Å². The summed E-state index contributed by atoms with van der Waals surface area (Å²) in [5, 5.41) is 41.2. The Bertz CT molecular complexity index is 1550. The summed E-state index contributed by atoms with van der Waals surface area (Å²) in [4.78, 5) is 0. The summed E-state index contributed by atoms with van der Waals surface area (Å²) < 4.78 is 0. The minimum absolute atomic E-state index is 0.251. The molecule has 5 aliphatic heterocycles. The van der Waals surface area contributed by atoms with Crippen molar-refractivity contribution in [2.45, 2.75) is 152 Å². The van der Waals surface area contributed by atoms with Gasteiger partial charge in [0.15, 0.2) is 0 Å². The molecule has 0 aromatic heterocycles. The van der Waals surface area contributed by atoms with E-state index < -0.39 is 0 Å². The second-order valence-electron chi connectivity index (χ2n) is 18.4. The molecule has 9 fully saturated rings. The van der Waals surface area contributed by atoms with Crippen LogP contribution in [0.25, 0.3) is 10.8 Å². The summed E-state index contributed by atoms with van der Waals surface area (Å²) >= 11 is 0. The van der Waals surface area contributed by atoms with Crippen molar-refractivity contribution in [3.8, 4) is 0 Å². The first-order chi connectivity index (χ1) is 25.2. The van der Waals surface area contributed by atoms with Crippen molar-refractivity contribution < 1.29 is 0 Å². The maximum absolute atomic E-state index is 4.37. The first-order valence-corrected chi connectivity index (χ1v) is 21.6. The van der Waals surface area contributed by atoms with Crippen molar-refractivity contribution in [2.24, 2.45) is 47.3 Å². The lowest BCUT2D eigenvalue weighted by atomic mass is 9.74. The monoisotopic (exact) mass is 694 g/mol. The first kappa shape index (κ1) is 32.6. The zero-order valence-corrected chi connectivity index (χ0v) is 30.5. The summed E-state index contributed by atoms with van der Waals surface area (Å²) in [6.45, 7) is 0. The smallest absolute Gasteiger partial charge is 0.0648 e. The maximum Gasteiger partial charge on any atom is 0.0648 e. The van der Waals surface area contributed by atoms with Gasteiger partial charge in [-0.05, 0) is 104 Å². The highest BCUT2D eigenvalue weighted by Gasteiger charge is 2.55. The van der Waals surface area contributed by atoms with Gasteiger partial charge < -0.3 is 5.32 Å². The summed E-state index contributed by atoms with van der Waals surface area (Å²) in [7, 11) is 0. The van der Waals surface area contributed by atoms with Gasteiger partial charge in [0, 0.05) is 23.0 Å². The number of hydrogen-bond donors (Lipinski definition) is 9. The zero-order valence-electron chi connectivity index (χ0n) is 30.5. The summed E-state index contributed by atoms with van der Waals surface area (Å²) in [6, 6.07) is 16.1. The lowest BCUT2D eigenvalue weighted by Crippen LogP contribution is -2.62. The quantitative estimate of drug-likeness (QED) is 0.218. The van der Waals surface area contributed by atoms with Gasteiger partial charge in [-0.15, -0.1) is 0 Å². The molecule has 2 aromatic carbocycles. The fraction of sp³-hybridized carbons (Fsp3) is 0.762. The maximum atomic E-state index is 4.37. The standard InChI is InChI=1S/C42H63N9/c1-2-13-24-23(11-1)12-9-21-32(24)43-33-22-10-20-31-34(33)42-50-40-30-19-8-7-18-29(30)38(48-40)46-36-26-15-4-3-14-25(26)35(44-36)45-37-27-16-5-6-17-28(27)39(47-37)49-41(31)51-42/h1-2,9,11-13,21,25-31,33-51H,3-8,10,14-20,22H2. The topological polar surface area (TPSA) is 108 Å². The molecule has 0 amide bonds. The van der Waals surface area contributed by atoms with Crippen LogP contribution in [-0.2, 0) is 0 Å². The molecule has 9 N–H and O–H groups in total. The predicted molar refractivity (Wildman–Crippen MR) is 204 cm³/mol. The van der Waals surface area contributed by atoms with Gasteiger partial charge in [0.1, 0.15) is 0 Å². The highest BCUT2D eigenvalue weighted by atomic mass is 15.4. The van der Waals surface area contributed by atoms with Crippen molar-refractivity contribution in [3.05, 3.63) is 42.5 Å². The molecule has 5 saturated heterocycles. The van der Waals surface area contributed by atoms with Crippen molar-refractivity contribution in [1.82, 2.24) is 42.5 Å². The van der Waals surface area contributed by atoms with Gasteiger partial charge in [0.2, 0.25) is 0 Å². The van der Waals surface area contributed by atoms with E-state index >= 15 is 0 Å². The molecule has 11 rings (SSSR count). The van der Waals surface area contributed by atoms with Gasteiger partial charge in [-0.2, -0.15) is 0 Å². The van der Waals surface area contributed by atoms with Crippen LogP contribution < -0.4 is 47.9 Å². The van der Waals surface area contributed by atoms with Gasteiger partial charge in [-0.3, -0.25) is 42.5 Å². The van der Waals surface area contributed by atoms with E-state index in [0.717, 1.165) is 0 Å². The van der Waals surface area contributed by atoms with Gasteiger partial charge in [0.05, 0.1) is 49.3 Å². The average molecular weight is 694 g/mol. The summed E-state index contributed by atoms with van der Waals surface area (Å²) in [5.41, 5.74) is 1.29. The minimum Gasteiger partial charge on any atom is -0.381 e. The van der Waals surface area contributed by atoms with Crippen molar-refractivity contribution >= 4 is 16.5 Å². The van der Waals surface area contributed by atoms with Crippen LogP contribution in [0.3, 0.4) is 0 Å². The number of fused-ring (bicyclic) bond motifs is 21. The molecule has 9 heteroatoms. The van der Waals surface area contributed by atoms with Crippen molar-refractivity contribution in [3.63, 3.8) is 0 Å². The largest absolute Gasteiger partial charge is 0.381 e. The lowest BCUT2D eigenvalue weighted by Gasteiger charge is -2.40. The predicted octanol–water partition coefficient (Wildman–Crippen LogP) is 4.85. The van der Waals surface area contributed by atoms with E-state index in [4.69, 9.17) is 0 Å². The number of benzene rings is 2. The Hall–Kier alpha value is -1.82. The molecule has 5 heterocycles. The Balaban J connectivity index is 0.944. The number of nitrogens with one attached hydrogen (secondary N) is 9. The molecule has 9 aliphatic rings. The third-order valence-electron chi connectivity index (χ3n) is 16.0. The van der Waals surface area contributed by atoms with Crippen LogP contribution in [-0.4, -0.2) is 55.4 Å². The molecule has 9 nitrogen and oxygen atoms in total. The molecule has 17 atom stereocenters. The highest BCUT2D eigenvalue weighted by Crippen LogP contribution is 2.46. The minimum atomic E-state index is 0.251. The van der Waals surface area contributed by atoms with Crippen molar-refractivity contribution in [2.75, 3.05) is 5.32 Å². The normalized spacial score (nSPS) is 49.1. The van der Waals surface area contributed by atoms with Gasteiger partial charge >= 0.3 is 0 Å². The molecule has 276 valence electrons. The Morgan fingerprint density at radius 3 is 1.25 bits per heavy atom. The zero-order chi connectivity index (χ0) is 33.5. The molecular formula is C42H63N9. The Morgan fingerprint density at radius 1 is 0.373 bits per heavy atom. The van der Waals surface area contributed by atoms with E-state index in [-0.39, 0.29) is 6.17 Å². The van der Waals surface area contributed by atoms with Crippen LogP contribution >= 0.6 is 0 Å². The van der Waals surface area contributed by atoms with Crippen LogP contribution in [0.4, 0.5) is 5.69 Å². The van der Waals surface area contributed by atoms with Crippen LogP contribution in [0.2, 0.25) is 0 Å². The SMILES string of the molecule is c1ccc2c(NC3CCCC4C5NC6NC(NC7NC(NC8NC(NC(N5)C34)C3CCCCC83)C3CCCCC73)C3CCCCC63)cccc2c1. The molecule has 2 aromatic rings. The van der Waals surface area contributed by atoms with Gasteiger partial charge in [0.25, 0.3) is 0 Å². The Kier molecular flexibility index (Phi) is 8.62. The van der Waals surface area contributed by atoms with Gasteiger partial charge in [-0.1, -0.05) is 81.3 Å². The summed E-state index contributed by atoms with van der Waals surface area (Å²) in [5.74, 6) is 5.24. The molecular weight excluding hydrogens is 631 g/mol. The van der Waals surface area contributed by atoms with E-state index in [0.29, 0.717) is 96.5 Å². The Morgan fingerprint density at radius 2 is 0.765 bits per heavy atom. The van der Waals surface area contributed by atoms with Crippen LogP contribution in [0.15, 0.2) is 42.5 Å². The third-order valence-corrected chi connectivity index (χ3v) is 16.0. The van der Waals surface area contributed by atoms with Crippen LogP contribution in [0.5, 0.6) is 0 Å². The number of hydrogen-bond acceptors (Lipinski definition) is 9. The average Bonchev–Trinajstić information content (AvgIpc) is 3.91.